The van der Waals surface area contributed by atoms with E-state index in [-0.39, 0.29) is 18.7 Å². The number of methoxy groups -OCH3 is 1. The SMILES string of the molecule is COC(=O)CC[C@H](NC(=O)CC1CC1)C(=O)O. The van der Waals surface area contributed by atoms with Crippen molar-refractivity contribution in [2.45, 2.75) is 38.1 Å². The van der Waals surface area contributed by atoms with Crippen molar-refractivity contribution in [3.63, 3.8) is 0 Å². The van der Waals surface area contributed by atoms with Crippen molar-refractivity contribution in [1.29, 1.82) is 0 Å². The Morgan fingerprint density at radius 3 is 2.53 bits per heavy atom. The number of amides is 1. The number of aliphatic carboxylic acids is 1. The molecule has 17 heavy (non-hydrogen) atoms. The molecule has 0 aliphatic heterocycles. The van der Waals surface area contributed by atoms with Crippen molar-refractivity contribution in [2.75, 3.05) is 7.11 Å². The van der Waals surface area contributed by atoms with Gasteiger partial charge in [0, 0.05) is 12.8 Å². The highest BCUT2D eigenvalue weighted by atomic mass is 16.5. The third-order valence-electron chi connectivity index (χ3n) is 2.67. The van der Waals surface area contributed by atoms with Gasteiger partial charge >= 0.3 is 11.9 Å². The fourth-order valence-electron chi connectivity index (χ4n) is 1.46. The molecule has 0 radical (unpaired) electrons. The maximum absolute atomic E-state index is 11.4. The number of carboxylic acids is 1. The van der Waals surface area contributed by atoms with E-state index < -0.39 is 18.0 Å². The zero-order valence-corrected chi connectivity index (χ0v) is 9.77. The molecule has 6 heteroatoms. The third-order valence-corrected chi connectivity index (χ3v) is 2.67. The molecule has 0 heterocycles. The minimum Gasteiger partial charge on any atom is -0.480 e. The molecule has 1 aliphatic rings. The summed E-state index contributed by atoms with van der Waals surface area (Å²) >= 11 is 0. The van der Waals surface area contributed by atoms with Crippen LogP contribution < -0.4 is 5.32 Å². The van der Waals surface area contributed by atoms with Crippen molar-refractivity contribution in [1.82, 2.24) is 5.32 Å². The second kappa shape index (κ2) is 6.22. The molecular weight excluding hydrogens is 226 g/mol. The summed E-state index contributed by atoms with van der Waals surface area (Å²) in [6, 6.07) is -1.01. The highest BCUT2D eigenvalue weighted by Crippen LogP contribution is 2.32. The Labute approximate surface area is 99.3 Å². The summed E-state index contributed by atoms with van der Waals surface area (Å²) in [5.41, 5.74) is 0. The fraction of sp³-hybridized carbons (Fsp3) is 0.727. The molecule has 0 aromatic rings. The van der Waals surface area contributed by atoms with E-state index in [1.165, 1.54) is 7.11 Å². The lowest BCUT2D eigenvalue weighted by Crippen LogP contribution is -2.41. The molecule has 0 bridgehead atoms. The molecule has 0 saturated heterocycles. The minimum absolute atomic E-state index is 0.0167. The highest BCUT2D eigenvalue weighted by Gasteiger charge is 2.27. The predicted molar refractivity (Wildman–Crippen MR) is 58.2 cm³/mol. The molecule has 6 nitrogen and oxygen atoms in total. The van der Waals surface area contributed by atoms with Crippen molar-refractivity contribution in [2.24, 2.45) is 5.92 Å². The van der Waals surface area contributed by atoms with Crippen LogP contribution in [0.5, 0.6) is 0 Å². The van der Waals surface area contributed by atoms with Crippen molar-refractivity contribution in [3.05, 3.63) is 0 Å². The first-order valence-electron chi connectivity index (χ1n) is 5.62. The first-order valence-corrected chi connectivity index (χ1v) is 5.62. The van der Waals surface area contributed by atoms with Gasteiger partial charge in [-0.1, -0.05) is 0 Å². The molecule has 96 valence electrons. The number of ether oxygens (including phenoxy) is 1. The fourth-order valence-corrected chi connectivity index (χ4v) is 1.46. The van der Waals surface area contributed by atoms with Crippen molar-refractivity contribution < 1.29 is 24.2 Å². The van der Waals surface area contributed by atoms with E-state index in [1.807, 2.05) is 0 Å². The monoisotopic (exact) mass is 243 g/mol. The van der Waals surface area contributed by atoms with Crippen LogP contribution in [0.15, 0.2) is 0 Å². The van der Waals surface area contributed by atoms with E-state index in [2.05, 4.69) is 10.1 Å². The number of carboxylic acid groups (broad SMARTS) is 1. The summed E-state index contributed by atoms with van der Waals surface area (Å²) in [5.74, 6) is -1.46. The number of nitrogens with one attached hydrogen (secondary N) is 1. The first-order chi connectivity index (χ1) is 8.02. The van der Waals surface area contributed by atoms with Crippen LogP contribution in [-0.4, -0.2) is 36.1 Å². The van der Waals surface area contributed by atoms with Crippen LogP contribution in [0.4, 0.5) is 0 Å². The lowest BCUT2D eigenvalue weighted by atomic mass is 10.1. The van der Waals surface area contributed by atoms with Gasteiger partial charge in [-0.05, 0) is 25.2 Å². The van der Waals surface area contributed by atoms with E-state index in [0.29, 0.717) is 12.3 Å². The molecule has 1 rings (SSSR count). The Kier molecular flexibility index (Phi) is 4.93. The number of carbonyl (C=O) groups excluding carboxylic acids is 2. The van der Waals surface area contributed by atoms with E-state index in [9.17, 15) is 14.4 Å². The van der Waals surface area contributed by atoms with Crippen molar-refractivity contribution in [3.8, 4) is 0 Å². The van der Waals surface area contributed by atoms with E-state index in [4.69, 9.17) is 5.11 Å². The van der Waals surface area contributed by atoms with Gasteiger partial charge in [0.15, 0.2) is 0 Å². The lowest BCUT2D eigenvalue weighted by Gasteiger charge is -2.13. The molecule has 1 saturated carbocycles. The summed E-state index contributed by atoms with van der Waals surface area (Å²) in [6.07, 6.45) is 2.48. The number of hydrogen-bond acceptors (Lipinski definition) is 4. The second-order valence-electron chi connectivity index (χ2n) is 4.22. The molecular formula is C11H17NO5. The van der Waals surface area contributed by atoms with Gasteiger partial charge in [-0.2, -0.15) is 0 Å². The van der Waals surface area contributed by atoms with E-state index in [0.717, 1.165) is 12.8 Å². The average molecular weight is 243 g/mol. The molecule has 0 spiro atoms. The molecule has 1 amide bonds. The zero-order valence-electron chi connectivity index (χ0n) is 9.77. The van der Waals surface area contributed by atoms with Crippen LogP contribution in [-0.2, 0) is 19.1 Å². The molecule has 0 unspecified atom stereocenters. The topological polar surface area (TPSA) is 92.7 Å². The molecule has 0 aromatic heterocycles. The number of rotatable bonds is 7. The standard InChI is InChI=1S/C11H17NO5/c1-17-10(14)5-4-8(11(15)16)12-9(13)6-7-2-3-7/h7-8H,2-6H2,1H3,(H,12,13)(H,15,16)/t8-/m0/s1. The van der Waals surface area contributed by atoms with Gasteiger partial charge in [0.25, 0.3) is 0 Å². The first kappa shape index (κ1) is 13.5. The van der Waals surface area contributed by atoms with Crippen LogP contribution in [0.3, 0.4) is 0 Å². The highest BCUT2D eigenvalue weighted by molar-refractivity contribution is 5.84. The maximum Gasteiger partial charge on any atom is 0.326 e. The van der Waals surface area contributed by atoms with Gasteiger partial charge in [-0.3, -0.25) is 9.59 Å². The molecule has 1 atom stereocenters. The summed E-state index contributed by atoms with van der Waals surface area (Å²) in [7, 11) is 1.24. The predicted octanol–water partition coefficient (Wildman–Crippen LogP) is 0.309. The van der Waals surface area contributed by atoms with E-state index >= 15 is 0 Å². The largest absolute Gasteiger partial charge is 0.480 e. The Morgan fingerprint density at radius 2 is 2.06 bits per heavy atom. The second-order valence-corrected chi connectivity index (χ2v) is 4.22. The summed E-state index contributed by atoms with van der Waals surface area (Å²) in [6.45, 7) is 0. The molecule has 1 fully saturated rings. The summed E-state index contributed by atoms with van der Waals surface area (Å²) < 4.78 is 4.42. The van der Waals surface area contributed by atoms with E-state index in [1.54, 1.807) is 0 Å². The zero-order chi connectivity index (χ0) is 12.8. The van der Waals surface area contributed by atoms with Crippen LogP contribution >= 0.6 is 0 Å². The van der Waals surface area contributed by atoms with Gasteiger partial charge in [0.2, 0.25) is 5.91 Å². The Hall–Kier alpha value is -1.59. The quantitative estimate of drug-likeness (QED) is 0.628. The Morgan fingerprint density at radius 1 is 1.41 bits per heavy atom. The van der Waals surface area contributed by atoms with Crippen molar-refractivity contribution >= 4 is 17.8 Å². The lowest BCUT2D eigenvalue weighted by molar-refractivity contribution is -0.144. The van der Waals surface area contributed by atoms with Crippen LogP contribution in [0.1, 0.15) is 32.1 Å². The van der Waals surface area contributed by atoms with Gasteiger partial charge in [0.05, 0.1) is 7.11 Å². The van der Waals surface area contributed by atoms with Crippen LogP contribution in [0, 0.1) is 5.92 Å². The summed E-state index contributed by atoms with van der Waals surface area (Å²) in [4.78, 5) is 33.2. The number of carbonyl (C=O) groups is 3. The third kappa shape index (κ3) is 5.33. The van der Waals surface area contributed by atoms with Crippen LogP contribution in [0.25, 0.3) is 0 Å². The van der Waals surface area contributed by atoms with Gasteiger partial charge in [-0.25, -0.2) is 4.79 Å². The van der Waals surface area contributed by atoms with Gasteiger partial charge in [-0.15, -0.1) is 0 Å². The van der Waals surface area contributed by atoms with Crippen LogP contribution in [0.2, 0.25) is 0 Å². The molecule has 1 aliphatic carbocycles. The number of esters is 1. The smallest absolute Gasteiger partial charge is 0.326 e. The molecule has 2 N–H and O–H groups in total. The van der Waals surface area contributed by atoms with Gasteiger partial charge in [0.1, 0.15) is 6.04 Å². The maximum atomic E-state index is 11.4. The number of hydrogen-bond donors (Lipinski definition) is 2. The normalized spacial score (nSPS) is 16.1. The van der Waals surface area contributed by atoms with Gasteiger partial charge < -0.3 is 15.2 Å². The molecule has 0 aromatic carbocycles. The summed E-state index contributed by atoms with van der Waals surface area (Å²) in [5, 5.41) is 11.3. The average Bonchev–Trinajstić information content (AvgIpc) is 3.06. The Balaban J connectivity index is 2.33. The Bertz CT molecular complexity index is 311. The minimum atomic E-state index is -1.13.